The van der Waals surface area contributed by atoms with E-state index in [4.69, 9.17) is 4.74 Å². The number of benzene rings is 1. The third-order valence-corrected chi connectivity index (χ3v) is 2.28. The summed E-state index contributed by atoms with van der Waals surface area (Å²) in [5.74, 6) is 0.925. The van der Waals surface area contributed by atoms with Crippen LogP contribution in [0.4, 0.5) is 0 Å². The maximum absolute atomic E-state index is 5.16. The molecule has 0 fully saturated rings. The fraction of sp³-hybridized carbons (Fsp3) is 0.273. The second-order valence-corrected chi connectivity index (χ2v) is 3.25. The number of hydrogen-bond donors (Lipinski definition) is 1. The summed E-state index contributed by atoms with van der Waals surface area (Å²) in [6.45, 7) is 2.97. The first-order valence-corrected chi connectivity index (χ1v) is 4.38. The highest BCUT2D eigenvalue weighted by Gasteiger charge is 2.07. The Morgan fingerprint density at radius 2 is 2.23 bits per heavy atom. The van der Waals surface area contributed by atoms with Crippen molar-refractivity contribution in [1.29, 1.82) is 0 Å². The van der Waals surface area contributed by atoms with Crippen LogP contribution in [-0.2, 0) is 6.54 Å². The van der Waals surface area contributed by atoms with E-state index in [0.717, 1.165) is 12.3 Å². The molecule has 0 spiro atoms. The third kappa shape index (κ3) is 1.52. The molecule has 0 amide bonds. The van der Waals surface area contributed by atoms with Gasteiger partial charge in [-0.25, -0.2) is 0 Å². The van der Waals surface area contributed by atoms with Crippen LogP contribution in [0.25, 0.3) is 6.08 Å². The maximum Gasteiger partial charge on any atom is 0.119 e. The van der Waals surface area contributed by atoms with Gasteiger partial charge in [-0.1, -0.05) is 6.07 Å². The van der Waals surface area contributed by atoms with E-state index in [1.165, 1.54) is 16.8 Å². The highest BCUT2D eigenvalue weighted by Crippen LogP contribution is 2.22. The lowest BCUT2D eigenvalue weighted by Gasteiger charge is -2.16. The van der Waals surface area contributed by atoms with Crippen molar-refractivity contribution in [3.8, 4) is 5.75 Å². The Labute approximate surface area is 78.2 Å². The molecule has 0 aliphatic carbocycles. The number of methoxy groups -OCH3 is 1. The summed E-state index contributed by atoms with van der Waals surface area (Å²) in [6.07, 6.45) is 2.15. The largest absolute Gasteiger partial charge is 0.497 e. The quantitative estimate of drug-likeness (QED) is 0.706. The van der Waals surface area contributed by atoms with Crippen LogP contribution in [0.2, 0.25) is 0 Å². The lowest BCUT2D eigenvalue weighted by atomic mass is 10.0. The normalized spacial score (nSPS) is 14.2. The predicted octanol–water partition coefficient (Wildman–Crippen LogP) is 2.16. The van der Waals surface area contributed by atoms with Crippen molar-refractivity contribution in [3.63, 3.8) is 0 Å². The van der Waals surface area contributed by atoms with Gasteiger partial charge >= 0.3 is 0 Å². The van der Waals surface area contributed by atoms with E-state index >= 15 is 0 Å². The van der Waals surface area contributed by atoms with Gasteiger partial charge in [0, 0.05) is 12.2 Å². The van der Waals surface area contributed by atoms with Gasteiger partial charge in [0.25, 0.3) is 0 Å². The molecule has 68 valence electrons. The van der Waals surface area contributed by atoms with E-state index in [-0.39, 0.29) is 0 Å². The van der Waals surface area contributed by atoms with Gasteiger partial charge < -0.3 is 10.1 Å². The molecule has 0 radical (unpaired) electrons. The molecule has 0 aromatic heterocycles. The van der Waals surface area contributed by atoms with Crippen molar-refractivity contribution in [2.45, 2.75) is 13.5 Å². The van der Waals surface area contributed by atoms with Gasteiger partial charge in [-0.3, -0.25) is 0 Å². The van der Waals surface area contributed by atoms with E-state index in [1.807, 2.05) is 6.07 Å². The standard InChI is InChI=1S/C11H13NO/c1-8-5-9-3-4-11(13-2)6-10(9)7-12-8/h3-6,12H,7H2,1-2H3. The number of allylic oxidation sites excluding steroid dienone is 1. The number of rotatable bonds is 1. The first-order chi connectivity index (χ1) is 6.29. The molecule has 0 bridgehead atoms. The summed E-state index contributed by atoms with van der Waals surface area (Å²) in [5.41, 5.74) is 3.81. The van der Waals surface area contributed by atoms with Crippen molar-refractivity contribution >= 4 is 6.08 Å². The van der Waals surface area contributed by atoms with Crippen LogP contribution in [0, 0.1) is 0 Å². The van der Waals surface area contributed by atoms with E-state index in [0.29, 0.717) is 0 Å². The molecule has 0 saturated carbocycles. The highest BCUT2D eigenvalue weighted by atomic mass is 16.5. The summed E-state index contributed by atoms with van der Waals surface area (Å²) in [6, 6.07) is 6.16. The fourth-order valence-electron chi connectivity index (χ4n) is 1.52. The lowest BCUT2D eigenvalue weighted by Crippen LogP contribution is -2.15. The monoisotopic (exact) mass is 175 g/mol. The van der Waals surface area contributed by atoms with Crippen LogP contribution < -0.4 is 10.1 Å². The Balaban J connectivity index is 2.43. The molecule has 0 atom stereocenters. The van der Waals surface area contributed by atoms with Gasteiger partial charge in [0.05, 0.1) is 7.11 Å². The Kier molecular flexibility index (Phi) is 1.97. The Hall–Kier alpha value is -1.44. The third-order valence-electron chi connectivity index (χ3n) is 2.28. The Bertz CT molecular complexity index is 355. The van der Waals surface area contributed by atoms with Crippen molar-refractivity contribution in [3.05, 3.63) is 35.0 Å². The maximum atomic E-state index is 5.16. The molecule has 13 heavy (non-hydrogen) atoms. The van der Waals surface area contributed by atoms with Crippen LogP contribution in [-0.4, -0.2) is 7.11 Å². The van der Waals surface area contributed by atoms with Crippen molar-refractivity contribution in [2.24, 2.45) is 0 Å². The molecule has 2 nitrogen and oxygen atoms in total. The first kappa shape index (κ1) is 8.17. The van der Waals surface area contributed by atoms with Gasteiger partial charge in [-0.2, -0.15) is 0 Å². The molecule has 2 heteroatoms. The molecule has 1 aromatic carbocycles. The molecule has 1 N–H and O–H groups in total. The van der Waals surface area contributed by atoms with Gasteiger partial charge in [-0.15, -0.1) is 0 Å². The van der Waals surface area contributed by atoms with Crippen molar-refractivity contribution in [1.82, 2.24) is 5.32 Å². The summed E-state index contributed by atoms with van der Waals surface area (Å²) >= 11 is 0. The van der Waals surface area contributed by atoms with E-state index < -0.39 is 0 Å². The zero-order valence-electron chi connectivity index (χ0n) is 7.92. The van der Waals surface area contributed by atoms with E-state index in [9.17, 15) is 0 Å². The van der Waals surface area contributed by atoms with Crippen LogP contribution in [0.5, 0.6) is 5.75 Å². The van der Waals surface area contributed by atoms with Crippen LogP contribution >= 0.6 is 0 Å². The minimum absolute atomic E-state index is 0.898. The first-order valence-electron chi connectivity index (χ1n) is 4.38. The zero-order chi connectivity index (χ0) is 9.26. The van der Waals surface area contributed by atoms with Gasteiger partial charge in [-0.05, 0) is 36.3 Å². The minimum Gasteiger partial charge on any atom is -0.497 e. The van der Waals surface area contributed by atoms with Gasteiger partial charge in [0.1, 0.15) is 5.75 Å². The second kappa shape index (κ2) is 3.13. The fourth-order valence-corrected chi connectivity index (χ4v) is 1.52. The summed E-state index contributed by atoms with van der Waals surface area (Å²) in [4.78, 5) is 0. The number of hydrogen-bond acceptors (Lipinski definition) is 2. The molecule has 2 rings (SSSR count). The lowest BCUT2D eigenvalue weighted by molar-refractivity contribution is 0.414. The van der Waals surface area contributed by atoms with Gasteiger partial charge in [0.15, 0.2) is 0 Å². The van der Waals surface area contributed by atoms with Crippen molar-refractivity contribution < 1.29 is 4.74 Å². The average Bonchev–Trinajstić information content (AvgIpc) is 2.17. The summed E-state index contributed by atoms with van der Waals surface area (Å²) < 4.78 is 5.16. The molecule has 0 saturated heterocycles. The topological polar surface area (TPSA) is 21.3 Å². The number of fused-ring (bicyclic) bond motifs is 1. The SMILES string of the molecule is COc1ccc2c(c1)CNC(C)=C2. The second-order valence-electron chi connectivity index (χ2n) is 3.25. The van der Waals surface area contributed by atoms with Gasteiger partial charge in [0.2, 0.25) is 0 Å². The molecular weight excluding hydrogens is 162 g/mol. The molecule has 1 aromatic rings. The summed E-state index contributed by atoms with van der Waals surface area (Å²) in [5, 5.41) is 3.30. The number of ether oxygens (including phenoxy) is 1. The predicted molar refractivity (Wildman–Crippen MR) is 53.5 cm³/mol. The highest BCUT2D eigenvalue weighted by molar-refractivity contribution is 5.59. The van der Waals surface area contributed by atoms with Crippen LogP contribution in [0.1, 0.15) is 18.1 Å². The molecule has 1 heterocycles. The number of nitrogens with one attached hydrogen (secondary N) is 1. The minimum atomic E-state index is 0.898. The molecule has 1 aliphatic rings. The average molecular weight is 175 g/mol. The smallest absolute Gasteiger partial charge is 0.119 e. The van der Waals surface area contributed by atoms with E-state index in [2.05, 4.69) is 30.4 Å². The zero-order valence-corrected chi connectivity index (χ0v) is 7.92. The molecule has 1 aliphatic heterocycles. The Morgan fingerprint density at radius 1 is 1.38 bits per heavy atom. The Morgan fingerprint density at radius 3 is 3.00 bits per heavy atom. The summed E-state index contributed by atoms with van der Waals surface area (Å²) in [7, 11) is 1.69. The van der Waals surface area contributed by atoms with Crippen molar-refractivity contribution in [2.75, 3.05) is 7.11 Å². The van der Waals surface area contributed by atoms with Crippen LogP contribution in [0.3, 0.4) is 0 Å². The van der Waals surface area contributed by atoms with Crippen LogP contribution in [0.15, 0.2) is 23.9 Å². The molecular formula is C11H13NO. The molecule has 0 unspecified atom stereocenters. The van der Waals surface area contributed by atoms with E-state index in [1.54, 1.807) is 7.11 Å².